The monoisotopic (exact) mass is 349 g/mol. The molecule has 2 rings (SSSR count). The molecule has 1 saturated carbocycles. The molecule has 118 valence electrons. The number of nitrogens with one attached hydrogen (secondary N) is 1. The second-order valence-corrected chi connectivity index (χ2v) is 9.37. The van der Waals surface area contributed by atoms with E-state index in [0.29, 0.717) is 29.5 Å². The third kappa shape index (κ3) is 3.99. The van der Waals surface area contributed by atoms with E-state index in [-0.39, 0.29) is 10.1 Å². The van der Waals surface area contributed by atoms with Crippen molar-refractivity contribution < 1.29 is 13.2 Å². The van der Waals surface area contributed by atoms with Crippen molar-refractivity contribution in [3.05, 3.63) is 16.5 Å². The van der Waals surface area contributed by atoms with Crippen LogP contribution in [0.3, 0.4) is 0 Å². The SMILES string of the molecule is Cc1c(C(=O)NCC2CCCCC2C)csc1S(=O)(=O)Cl. The number of hydrogen-bond donors (Lipinski definition) is 1. The Morgan fingerprint density at radius 2 is 2.10 bits per heavy atom. The van der Waals surface area contributed by atoms with Gasteiger partial charge in [-0.15, -0.1) is 11.3 Å². The van der Waals surface area contributed by atoms with Gasteiger partial charge in [0.25, 0.3) is 15.0 Å². The van der Waals surface area contributed by atoms with Crippen molar-refractivity contribution in [1.82, 2.24) is 5.32 Å². The van der Waals surface area contributed by atoms with Gasteiger partial charge in [-0.2, -0.15) is 0 Å². The molecule has 2 atom stereocenters. The number of carbonyl (C=O) groups is 1. The fourth-order valence-corrected chi connectivity index (χ4v) is 5.43. The largest absolute Gasteiger partial charge is 0.352 e. The van der Waals surface area contributed by atoms with Crippen LogP contribution >= 0.6 is 22.0 Å². The van der Waals surface area contributed by atoms with Crippen LogP contribution in [0, 0.1) is 18.8 Å². The van der Waals surface area contributed by atoms with Crippen LogP contribution < -0.4 is 5.32 Å². The number of carbonyl (C=O) groups excluding carboxylic acids is 1. The molecule has 1 aromatic heterocycles. The molecule has 1 heterocycles. The minimum absolute atomic E-state index is 0.0559. The van der Waals surface area contributed by atoms with E-state index in [4.69, 9.17) is 10.7 Å². The van der Waals surface area contributed by atoms with Gasteiger partial charge >= 0.3 is 0 Å². The Labute approximate surface area is 134 Å². The molecule has 0 bridgehead atoms. The zero-order valence-electron chi connectivity index (χ0n) is 12.2. The zero-order valence-corrected chi connectivity index (χ0v) is 14.6. The molecule has 0 radical (unpaired) electrons. The average molecular weight is 350 g/mol. The van der Waals surface area contributed by atoms with Crippen LogP contribution in [0.4, 0.5) is 0 Å². The summed E-state index contributed by atoms with van der Waals surface area (Å²) in [5.74, 6) is 0.923. The quantitative estimate of drug-likeness (QED) is 0.845. The molecule has 1 aromatic rings. The number of thiophene rings is 1. The van der Waals surface area contributed by atoms with Gasteiger partial charge in [-0.25, -0.2) is 8.42 Å². The summed E-state index contributed by atoms with van der Waals surface area (Å²) in [7, 11) is 1.57. The first-order valence-corrected chi connectivity index (χ1v) is 10.3. The third-order valence-electron chi connectivity index (χ3n) is 4.27. The molecule has 0 saturated heterocycles. The Hall–Kier alpha value is -0.590. The Bertz CT molecular complexity index is 624. The lowest BCUT2D eigenvalue weighted by atomic mass is 9.80. The van der Waals surface area contributed by atoms with Gasteiger partial charge in [0.2, 0.25) is 0 Å². The number of halogens is 1. The topological polar surface area (TPSA) is 63.2 Å². The molecule has 1 amide bonds. The molecule has 0 spiro atoms. The lowest BCUT2D eigenvalue weighted by Crippen LogP contribution is -2.33. The summed E-state index contributed by atoms with van der Waals surface area (Å²) in [6.45, 7) is 4.49. The standard InChI is InChI=1S/C14H20ClNO3S2/c1-9-5-3-4-6-11(9)7-16-13(17)12-8-20-14(10(12)2)21(15,18)19/h8-9,11H,3-7H2,1-2H3,(H,16,17). The predicted octanol–water partition coefficient (Wildman–Crippen LogP) is 3.54. The van der Waals surface area contributed by atoms with Crippen LogP contribution in [0.1, 0.15) is 48.5 Å². The molecule has 4 nitrogen and oxygen atoms in total. The molecule has 2 unspecified atom stereocenters. The lowest BCUT2D eigenvalue weighted by molar-refractivity contribution is 0.0936. The summed E-state index contributed by atoms with van der Waals surface area (Å²) >= 11 is 0.993. The maximum atomic E-state index is 12.2. The van der Waals surface area contributed by atoms with Gasteiger partial charge in [0.05, 0.1) is 5.56 Å². The summed E-state index contributed by atoms with van der Waals surface area (Å²) in [5, 5.41) is 4.49. The van der Waals surface area contributed by atoms with Crippen molar-refractivity contribution in [2.45, 2.75) is 43.7 Å². The van der Waals surface area contributed by atoms with Crippen molar-refractivity contribution >= 4 is 37.0 Å². The van der Waals surface area contributed by atoms with Crippen LogP contribution in [0.15, 0.2) is 9.59 Å². The lowest BCUT2D eigenvalue weighted by Gasteiger charge is -2.28. The molecule has 21 heavy (non-hydrogen) atoms. The third-order valence-corrected chi connectivity index (χ3v) is 7.58. The highest BCUT2D eigenvalue weighted by molar-refractivity contribution is 8.15. The molecule has 0 aliphatic heterocycles. The minimum atomic E-state index is -3.78. The zero-order chi connectivity index (χ0) is 15.6. The molecular formula is C14H20ClNO3S2. The Morgan fingerprint density at radius 3 is 2.67 bits per heavy atom. The van der Waals surface area contributed by atoms with E-state index in [9.17, 15) is 13.2 Å². The Balaban J connectivity index is 2.02. The van der Waals surface area contributed by atoms with E-state index in [1.807, 2.05) is 0 Å². The van der Waals surface area contributed by atoms with E-state index in [1.165, 1.54) is 19.3 Å². The van der Waals surface area contributed by atoms with E-state index in [2.05, 4.69) is 12.2 Å². The number of amides is 1. The van der Waals surface area contributed by atoms with Gasteiger partial charge in [-0.05, 0) is 30.7 Å². The van der Waals surface area contributed by atoms with E-state index in [1.54, 1.807) is 12.3 Å². The highest BCUT2D eigenvalue weighted by Crippen LogP contribution is 2.30. The summed E-state index contributed by atoms with van der Waals surface area (Å²) < 4.78 is 22.8. The summed E-state index contributed by atoms with van der Waals surface area (Å²) in [6.07, 6.45) is 4.85. The molecule has 1 aliphatic rings. The van der Waals surface area contributed by atoms with Crippen molar-refractivity contribution in [2.75, 3.05) is 6.54 Å². The molecule has 1 fully saturated rings. The second kappa shape index (κ2) is 6.67. The van der Waals surface area contributed by atoms with Gasteiger partial charge in [0.15, 0.2) is 0 Å². The van der Waals surface area contributed by atoms with Crippen LogP contribution in [0.2, 0.25) is 0 Å². The summed E-state index contributed by atoms with van der Waals surface area (Å²) in [5.41, 5.74) is 0.840. The second-order valence-electron chi connectivity index (χ2n) is 5.73. The first kappa shape index (κ1) is 16.8. The van der Waals surface area contributed by atoms with Crippen LogP contribution in [0.25, 0.3) is 0 Å². The maximum absolute atomic E-state index is 12.2. The van der Waals surface area contributed by atoms with E-state index >= 15 is 0 Å². The van der Waals surface area contributed by atoms with Crippen LogP contribution in [-0.2, 0) is 9.05 Å². The molecular weight excluding hydrogens is 330 g/mol. The maximum Gasteiger partial charge on any atom is 0.271 e. The van der Waals surface area contributed by atoms with Gasteiger partial charge in [0.1, 0.15) is 4.21 Å². The normalized spacial score (nSPS) is 23.0. The number of rotatable bonds is 4. The summed E-state index contributed by atoms with van der Waals surface area (Å²) in [6, 6.07) is 0. The fraction of sp³-hybridized carbons (Fsp3) is 0.643. The predicted molar refractivity (Wildman–Crippen MR) is 85.6 cm³/mol. The minimum Gasteiger partial charge on any atom is -0.352 e. The van der Waals surface area contributed by atoms with Crippen molar-refractivity contribution in [1.29, 1.82) is 0 Å². The van der Waals surface area contributed by atoms with Gasteiger partial charge in [-0.1, -0.05) is 26.2 Å². The first-order chi connectivity index (χ1) is 9.80. The first-order valence-electron chi connectivity index (χ1n) is 7.11. The van der Waals surface area contributed by atoms with Crippen molar-refractivity contribution in [3.63, 3.8) is 0 Å². The van der Waals surface area contributed by atoms with Crippen LogP contribution in [0.5, 0.6) is 0 Å². The van der Waals surface area contributed by atoms with Crippen molar-refractivity contribution in [2.24, 2.45) is 11.8 Å². The average Bonchev–Trinajstić information content (AvgIpc) is 2.79. The number of hydrogen-bond acceptors (Lipinski definition) is 4. The fourth-order valence-electron chi connectivity index (χ4n) is 2.88. The van der Waals surface area contributed by atoms with Gasteiger partial charge in [-0.3, -0.25) is 4.79 Å². The van der Waals surface area contributed by atoms with Gasteiger partial charge in [0, 0.05) is 22.6 Å². The van der Waals surface area contributed by atoms with E-state index in [0.717, 1.165) is 17.8 Å². The Kier molecular flexibility index (Phi) is 5.33. The van der Waals surface area contributed by atoms with Crippen LogP contribution in [-0.4, -0.2) is 20.9 Å². The summed E-state index contributed by atoms with van der Waals surface area (Å²) in [4.78, 5) is 12.2. The van der Waals surface area contributed by atoms with Gasteiger partial charge < -0.3 is 5.32 Å². The molecule has 1 N–H and O–H groups in total. The Morgan fingerprint density at radius 1 is 1.43 bits per heavy atom. The van der Waals surface area contributed by atoms with Crippen molar-refractivity contribution in [3.8, 4) is 0 Å². The highest BCUT2D eigenvalue weighted by atomic mass is 35.7. The molecule has 0 aromatic carbocycles. The van der Waals surface area contributed by atoms with E-state index < -0.39 is 9.05 Å². The smallest absolute Gasteiger partial charge is 0.271 e. The highest BCUT2D eigenvalue weighted by Gasteiger charge is 2.24. The molecule has 7 heteroatoms. The molecule has 1 aliphatic carbocycles.